The second kappa shape index (κ2) is 9.33. The van der Waals surface area contributed by atoms with Crippen molar-refractivity contribution < 1.29 is 9.59 Å². The summed E-state index contributed by atoms with van der Waals surface area (Å²) in [5.74, 6) is -0.425. The van der Waals surface area contributed by atoms with Crippen LogP contribution in [0.25, 0.3) is 0 Å². The minimum absolute atomic E-state index is 0.0565. The Labute approximate surface area is 140 Å². The third kappa shape index (κ3) is 7.31. The van der Waals surface area contributed by atoms with Crippen LogP contribution in [0, 0.1) is 0 Å². The van der Waals surface area contributed by atoms with Crippen molar-refractivity contribution in [1.82, 2.24) is 10.9 Å². The lowest BCUT2D eigenvalue weighted by atomic mass is 9.87. The molecule has 0 radical (unpaired) electrons. The largest absolute Gasteiger partial charge is 0.273 e. The van der Waals surface area contributed by atoms with Gasteiger partial charge in [-0.3, -0.25) is 20.4 Å². The highest BCUT2D eigenvalue weighted by molar-refractivity contribution is 5.95. The number of unbranched alkanes of at least 4 members (excludes halogenated alkanes) is 4. The first-order valence-corrected chi connectivity index (χ1v) is 8.54. The number of carbonyl (C=O) groups is 2. The first kappa shape index (κ1) is 19.2. The molecule has 2 N–H and O–H groups in total. The summed E-state index contributed by atoms with van der Waals surface area (Å²) in [6, 6.07) is 7.47. The van der Waals surface area contributed by atoms with Crippen LogP contribution in [0.4, 0.5) is 0 Å². The average molecular weight is 318 g/mol. The summed E-state index contributed by atoms with van der Waals surface area (Å²) in [7, 11) is 0. The molecule has 0 saturated heterocycles. The van der Waals surface area contributed by atoms with E-state index >= 15 is 0 Å². The van der Waals surface area contributed by atoms with Gasteiger partial charge in [-0.15, -0.1) is 0 Å². The molecule has 23 heavy (non-hydrogen) atoms. The summed E-state index contributed by atoms with van der Waals surface area (Å²) in [5, 5.41) is 0. The molecule has 1 aromatic carbocycles. The van der Waals surface area contributed by atoms with Crippen molar-refractivity contribution in [2.45, 2.75) is 71.6 Å². The van der Waals surface area contributed by atoms with E-state index < -0.39 is 0 Å². The number of hydrogen-bond acceptors (Lipinski definition) is 2. The minimum atomic E-state index is -0.287. The lowest BCUT2D eigenvalue weighted by Gasteiger charge is -2.19. The Morgan fingerprint density at radius 1 is 0.913 bits per heavy atom. The van der Waals surface area contributed by atoms with E-state index in [1.54, 1.807) is 12.1 Å². The molecule has 0 spiro atoms. The summed E-state index contributed by atoms with van der Waals surface area (Å²) in [4.78, 5) is 23.7. The van der Waals surface area contributed by atoms with Crippen molar-refractivity contribution >= 4 is 11.8 Å². The predicted molar refractivity (Wildman–Crippen MR) is 94.1 cm³/mol. The van der Waals surface area contributed by atoms with Crippen LogP contribution in [0.3, 0.4) is 0 Å². The van der Waals surface area contributed by atoms with Gasteiger partial charge in [0.1, 0.15) is 0 Å². The molecule has 0 bridgehead atoms. The molecule has 0 aliphatic rings. The first-order chi connectivity index (χ1) is 10.8. The number of carbonyl (C=O) groups excluding carboxylic acids is 2. The van der Waals surface area contributed by atoms with Crippen LogP contribution in [0.5, 0.6) is 0 Å². The average Bonchev–Trinajstić information content (AvgIpc) is 2.51. The fourth-order valence-corrected chi connectivity index (χ4v) is 2.27. The summed E-state index contributed by atoms with van der Waals surface area (Å²) in [6.07, 6.45) is 5.94. The Morgan fingerprint density at radius 2 is 1.52 bits per heavy atom. The van der Waals surface area contributed by atoms with Crippen LogP contribution in [-0.4, -0.2) is 11.8 Å². The van der Waals surface area contributed by atoms with E-state index in [0.29, 0.717) is 12.0 Å². The molecule has 0 aliphatic heterocycles. The van der Waals surface area contributed by atoms with Gasteiger partial charge < -0.3 is 0 Å². The summed E-state index contributed by atoms with van der Waals surface area (Å²) in [6.45, 7) is 8.55. The van der Waals surface area contributed by atoms with Crippen LogP contribution < -0.4 is 10.9 Å². The van der Waals surface area contributed by atoms with Crippen LogP contribution in [0.1, 0.15) is 82.1 Å². The predicted octanol–water partition coefficient (Wildman–Crippen LogP) is 4.11. The highest BCUT2D eigenvalue weighted by atomic mass is 16.2. The highest BCUT2D eigenvalue weighted by Gasteiger charge is 2.14. The molecule has 4 heteroatoms. The zero-order valence-electron chi connectivity index (χ0n) is 14.9. The van der Waals surface area contributed by atoms with Gasteiger partial charge in [-0.25, -0.2) is 0 Å². The third-order valence-corrected chi connectivity index (χ3v) is 3.84. The summed E-state index contributed by atoms with van der Waals surface area (Å²) in [5.41, 5.74) is 6.72. The molecule has 0 atom stereocenters. The monoisotopic (exact) mass is 318 g/mol. The Kier molecular flexibility index (Phi) is 7.79. The van der Waals surface area contributed by atoms with Gasteiger partial charge in [-0.05, 0) is 29.5 Å². The highest BCUT2D eigenvalue weighted by Crippen LogP contribution is 2.22. The summed E-state index contributed by atoms with van der Waals surface area (Å²) < 4.78 is 0. The molecule has 2 amide bonds. The Bertz CT molecular complexity index is 501. The molecule has 0 aromatic heterocycles. The molecule has 0 fully saturated rings. The van der Waals surface area contributed by atoms with E-state index in [-0.39, 0.29) is 17.2 Å². The molecule has 0 heterocycles. The van der Waals surface area contributed by atoms with E-state index in [4.69, 9.17) is 0 Å². The Morgan fingerprint density at radius 3 is 2.09 bits per heavy atom. The van der Waals surface area contributed by atoms with Gasteiger partial charge >= 0.3 is 0 Å². The normalized spacial score (nSPS) is 11.1. The lowest BCUT2D eigenvalue weighted by Crippen LogP contribution is -2.41. The number of nitrogens with one attached hydrogen (secondary N) is 2. The number of rotatable bonds is 7. The van der Waals surface area contributed by atoms with Crippen molar-refractivity contribution in [3.8, 4) is 0 Å². The van der Waals surface area contributed by atoms with Gasteiger partial charge in [0.05, 0.1) is 0 Å². The number of benzene rings is 1. The second-order valence-electron chi connectivity index (χ2n) is 6.99. The zero-order valence-corrected chi connectivity index (χ0v) is 14.9. The maximum atomic E-state index is 12.0. The second-order valence-corrected chi connectivity index (χ2v) is 6.99. The zero-order chi connectivity index (χ0) is 17.3. The third-order valence-electron chi connectivity index (χ3n) is 3.84. The van der Waals surface area contributed by atoms with Gasteiger partial charge in [0.15, 0.2) is 0 Å². The van der Waals surface area contributed by atoms with Crippen molar-refractivity contribution in [2.24, 2.45) is 0 Å². The van der Waals surface area contributed by atoms with Crippen molar-refractivity contribution in [2.75, 3.05) is 0 Å². The van der Waals surface area contributed by atoms with E-state index in [2.05, 4.69) is 38.5 Å². The standard InChI is InChI=1S/C19H30N2O2/c1-5-6-7-8-9-10-17(22)20-21-18(23)15-11-13-16(14-12-15)19(2,3)4/h11-14H,5-10H2,1-4H3,(H,20,22)(H,21,23). The van der Waals surface area contributed by atoms with Crippen LogP contribution in [0.2, 0.25) is 0 Å². The fraction of sp³-hybridized carbons (Fsp3) is 0.579. The minimum Gasteiger partial charge on any atom is -0.273 e. The van der Waals surface area contributed by atoms with E-state index in [1.165, 1.54) is 18.4 Å². The molecule has 1 rings (SSSR count). The molecule has 0 aliphatic carbocycles. The Hall–Kier alpha value is -1.84. The molecular weight excluding hydrogens is 288 g/mol. The van der Waals surface area contributed by atoms with Crippen LogP contribution >= 0.6 is 0 Å². The number of amides is 2. The Balaban J connectivity index is 2.34. The van der Waals surface area contributed by atoms with Crippen molar-refractivity contribution in [3.63, 3.8) is 0 Å². The van der Waals surface area contributed by atoms with E-state index in [0.717, 1.165) is 19.3 Å². The van der Waals surface area contributed by atoms with Crippen LogP contribution in [-0.2, 0) is 10.2 Å². The van der Waals surface area contributed by atoms with Crippen molar-refractivity contribution in [3.05, 3.63) is 35.4 Å². The van der Waals surface area contributed by atoms with Gasteiger partial charge in [-0.2, -0.15) is 0 Å². The maximum absolute atomic E-state index is 12.0. The van der Waals surface area contributed by atoms with Gasteiger partial charge in [0, 0.05) is 12.0 Å². The molecule has 4 nitrogen and oxygen atoms in total. The van der Waals surface area contributed by atoms with E-state index in [9.17, 15) is 9.59 Å². The first-order valence-electron chi connectivity index (χ1n) is 8.54. The topological polar surface area (TPSA) is 58.2 Å². The number of hydrogen-bond donors (Lipinski definition) is 2. The SMILES string of the molecule is CCCCCCCC(=O)NNC(=O)c1ccc(C(C)(C)C)cc1. The lowest BCUT2D eigenvalue weighted by molar-refractivity contribution is -0.122. The molecular formula is C19H30N2O2. The summed E-state index contributed by atoms with van der Waals surface area (Å²) >= 11 is 0. The van der Waals surface area contributed by atoms with E-state index in [1.807, 2.05) is 12.1 Å². The maximum Gasteiger partial charge on any atom is 0.269 e. The smallest absolute Gasteiger partial charge is 0.269 e. The fourth-order valence-electron chi connectivity index (χ4n) is 2.27. The molecule has 0 unspecified atom stereocenters. The molecule has 128 valence electrons. The van der Waals surface area contributed by atoms with Crippen molar-refractivity contribution in [1.29, 1.82) is 0 Å². The molecule has 1 aromatic rings. The molecule has 0 saturated carbocycles. The van der Waals surface area contributed by atoms with Gasteiger partial charge in [-0.1, -0.05) is 65.5 Å². The quantitative estimate of drug-likeness (QED) is 0.587. The van der Waals surface area contributed by atoms with Gasteiger partial charge in [0.2, 0.25) is 5.91 Å². The van der Waals surface area contributed by atoms with Crippen LogP contribution in [0.15, 0.2) is 24.3 Å². The number of hydrazine groups is 1. The van der Waals surface area contributed by atoms with Gasteiger partial charge in [0.25, 0.3) is 5.91 Å².